The summed E-state index contributed by atoms with van der Waals surface area (Å²) in [7, 11) is 0. The van der Waals surface area contributed by atoms with E-state index in [-0.39, 0.29) is 5.82 Å². The molecule has 0 saturated heterocycles. The minimum Gasteiger partial charge on any atom is -0.475 e. The van der Waals surface area contributed by atoms with E-state index in [1.807, 2.05) is 18.2 Å². The number of hydrogen-bond donors (Lipinski definition) is 2. The van der Waals surface area contributed by atoms with E-state index in [1.165, 1.54) is 12.8 Å². The van der Waals surface area contributed by atoms with Gasteiger partial charge in [0.05, 0.1) is 5.52 Å². The zero-order chi connectivity index (χ0) is 13.4. The number of carboxylic acids is 1. The van der Waals surface area contributed by atoms with Gasteiger partial charge in [-0.25, -0.2) is 14.8 Å². The number of anilines is 1. The van der Waals surface area contributed by atoms with E-state index in [9.17, 15) is 4.79 Å². The Balaban J connectivity index is 2.06. The number of hydrogen-bond acceptors (Lipinski definition) is 4. The maximum absolute atomic E-state index is 11.1. The van der Waals surface area contributed by atoms with Crippen molar-refractivity contribution in [2.75, 3.05) is 5.32 Å². The third-order valence-electron chi connectivity index (χ3n) is 3.49. The highest BCUT2D eigenvalue weighted by Gasteiger charge is 2.28. The Bertz CT molecular complexity index is 638. The van der Waals surface area contributed by atoms with Gasteiger partial charge >= 0.3 is 5.97 Å². The molecule has 19 heavy (non-hydrogen) atoms. The van der Waals surface area contributed by atoms with E-state index in [2.05, 4.69) is 22.2 Å². The first-order chi connectivity index (χ1) is 9.15. The van der Waals surface area contributed by atoms with E-state index in [0.29, 0.717) is 23.3 Å². The first-order valence-electron chi connectivity index (χ1n) is 6.42. The second-order valence-electron chi connectivity index (χ2n) is 4.99. The summed E-state index contributed by atoms with van der Waals surface area (Å²) in [5.74, 6) is 0.0153. The van der Waals surface area contributed by atoms with Crippen LogP contribution in [0.15, 0.2) is 24.3 Å². The molecule has 0 amide bonds. The topological polar surface area (TPSA) is 75.1 Å². The highest BCUT2D eigenvalue weighted by molar-refractivity contribution is 5.93. The average Bonchev–Trinajstić information content (AvgIpc) is 3.22. The summed E-state index contributed by atoms with van der Waals surface area (Å²) >= 11 is 0. The predicted octanol–water partition coefficient (Wildman–Crippen LogP) is 2.54. The van der Waals surface area contributed by atoms with Crippen LogP contribution in [0.1, 0.15) is 30.4 Å². The fourth-order valence-corrected chi connectivity index (χ4v) is 2.21. The molecule has 5 heteroatoms. The van der Waals surface area contributed by atoms with Crippen molar-refractivity contribution >= 4 is 22.7 Å². The Labute approximate surface area is 110 Å². The molecular formula is C14H15N3O2. The minimum absolute atomic E-state index is 0.163. The van der Waals surface area contributed by atoms with Crippen LogP contribution < -0.4 is 5.32 Å². The lowest BCUT2D eigenvalue weighted by atomic mass is 10.2. The number of carboxylic acid groups (broad SMARTS) is 1. The molecule has 1 aromatic heterocycles. The summed E-state index contributed by atoms with van der Waals surface area (Å²) in [6.07, 6.45) is 2.45. The van der Waals surface area contributed by atoms with Crippen LogP contribution in [-0.4, -0.2) is 27.1 Å². The number of aromatic nitrogens is 2. The number of nitrogens with one attached hydrogen (secondary N) is 1. The normalized spacial score (nSPS) is 16.3. The lowest BCUT2D eigenvalue weighted by molar-refractivity contribution is 0.0684. The Morgan fingerprint density at radius 1 is 1.37 bits per heavy atom. The molecule has 1 atom stereocenters. The zero-order valence-electron chi connectivity index (χ0n) is 10.6. The van der Waals surface area contributed by atoms with Crippen LogP contribution >= 0.6 is 0 Å². The van der Waals surface area contributed by atoms with Crippen molar-refractivity contribution in [1.82, 2.24) is 9.97 Å². The molecule has 5 nitrogen and oxygen atoms in total. The van der Waals surface area contributed by atoms with Gasteiger partial charge in [0, 0.05) is 11.4 Å². The predicted molar refractivity (Wildman–Crippen MR) is 72.3 cm³/mol. The van der Waals surface area contributed by atoms with Crippen molar-refractivity contribution in [1.29, 1.82) is 0 Å². The van der Waals surface area contributed by atoms with Crippen LogP contribution in [0.4, 0.5) is 5.82 Å². The van der Waals surface area contributed by atoms with Gasteiger partial charge in [0.25, 0.3) is 0 Å². The van der Waals surface area contributed by atoms with Crippen LogP contribution in [0.3, 0.4) is 0 Å². The molecule has 0 aliphatic heterocycles. The van der Waals surface area contributed by atoms with Crippen LogP contribution in [0.25, 0.3) is 10.9 Å². The fourth-order valence-electron chi connectivity index (χ4n) is 2.21. The van der Waals surface area contributed by atoms with Gasteiger partial charge in [0.2, 0.25) is 5.82 Å². The standard InChI is InChI=1S/C14H15N3O2/c1-8(9-6-7-9)15-12-10-4-2-3-5-11(10)16-13(17-12)14(18)19/h2-5,8-9H,6-7H2,1H3,(H,18,19)(H,15,16,17). The number of fused-ring (bicyclic) bond motifs is 1. The highest BCUT2D eigenvalue weighted by atomic mass is 16.4. The molecule has 2 N–H and O–H groups in total. The van der Waals surface area contributed by atoms with Crippen molar-refractivity contribution in [3.05, 3.63) is 30.1 Å². The first kappa shape index (κ1) is 11.9. The van der Waals surface area contributed by atoms with E-state index in [0.717, 1.165) is 5.39 Å². The Morgan fingerprint density at radius 2 is 2.11 bits per heavy atom. The maximum atomic E-state index is 11.1. The quantitative estimate of drug-likeness (QED) is 0.880. The molecular weight excluding hydrogens is 242 g/mol. The van der Waals surface area contributed by atoms with Crippen LogP contribution in [-0.2, 0) is 0 Å². The smallest absolute Gasteiger partial charge is 0.374 e. The number of rotatable bonds is 4. The third-order valence-corrected chi connectivity index (χ3v) is 3.49. The molecule has 0 spiro atoms. The van der Waals surface area contributed by atoms with Crippen molar-refractivity contribution in [3.63, 3.8) is 0 Å². The van der Waals surface area contributed by atoms with E-state index in [4.69, 9.17) is 5.11 Å². The first-order valence-corrected chi connectivity index (χ1v) is 6.42. The summed E-state index contributed by atoms with van der Waals surface area (Å²) < 4.78 is 0. The lowest BCUT2D eigenvalue weighted by Gasteiger charge is -2.15. The second kappa shape index (κ2) is 4.50. The second-order valence-corrected chi connectivity index (χ2v) is 4.99. The van der Waals surface area contributed by atoms with E-state index in [1.54, 1.807) is 6.07 Å². The van der Waals surface area contributed by atoms with E-state index < -0.39 is 5.97 Å². The van der Waals surface area contributed by atoms with Gasteiger partial charge in [0.1, 0.15) is 5.82 Å². The van der Waals surface area contributed by atoms with Gasteiger partial charge in [-0.05, 0) is 37.8 Å². The Hall–Kier alpha value is -2.17. The highest BCUT2D eigenvalue weighted by Crippen LogP contribution is 2.34. The van der Waals surface area contributed by atoms with Gasteiger partial charge in [-0.3, -0.25) is 0 Å². The molecule has 0 bridgehead atoms. The maximum Gasteiger partial charge on any atom is 0.374 e. The molecule has 2 aromatic rings. The Kier molecular flexibility index (Phi) is 2.81. The molecule has 1 aromatic carbocycles. The number of para-hydroxylation sites is 1. The summed E-state index contributed by atoms with van der Waals surface area (Å²) in [6, 6.07) is 7.76. The molecule has 0 radical (unpaired) electrons. The van der Waals surface area contributed by atoms with Crippen molar-refractivity contribution in [2.24, 2.45) is 5.92 Å². The fraction of sp³-hybridized carbons (Fsp3) is 0.357. The Morgan fingerprint density at radius 3 is 2.79 bits per heavy atom. The number of nitrogens with zero attached hydrogens (tertiary/aromatic N) is 2. The van der Waals surface area contributed by atoms with Crippen LogP contribution in [0.5, 0.6) is 0 Å². The van der Waals surface area contributed by atoms with Crippen molar-refractivity contribution in [2.45, 2.75) is 25.8 Å². The van der Waals surface area contributed by atoms with Gasteiger partial charge in [-0.15, -0.1) is 0 Å². The largest absolute Gasteiger partial charge is 0.475 e. The van der Waals surface area contributed by atoms with Crippen molar-refractivity contribution in [3.8, 4) is 0 Å². The number of aromatic carboxylic acids is 1. The van der Waals surface area contributed by atoms with Gasteiger partial charge in [-0.2, -0.15) is 0 Å². The molecule has 3 rings (SSSR count). The lowest BCUT2D eigenvalue weighted by Crippen LogP contribution is -2.19. The van der Waals surface area contributed by atoms with Gasteiger partial charge in [0.15, 0.2) is 0 Å². The van der Waals surface area contributed by atoms with Gasteiger partial charge < -0.3 is 10.4 Å². The summed E-state index contributed by atoms with van der Waals surface area (Å²) in [5.41, 5.74) is 0.653. The summed E-state index contributed by atoms with van der Waals surface area (Å²) in [6.45, 7) is 2.11. The molecule has 1 unspecified atom stereocenters. The van der Waals surface area contributed by atoms with Crippen LogP contribution in [0.2, 0.25) is 0 Å². The monoisotopic (exact) mass is 257 g/mol. The van der Waals surface area contributed by atoms with Crippen LogP contribution in [0, 0.1) is 5.92 Å². The third kappa shape index (κ3) is 2.36. The summed E-state index contributed by atoms with van der Waals surface area (Å²) in [5, 5.41) is 13.3. The molecule has 1 fully saturated rings. The number of carbonyl (C=O) groups is 1. The molecule has 98 valence electrons. The van der Waals surface area contributed by atoms with Crippen molar-refractivity contribution < 1.29 is 9.90 Å². The molecule has 1 saturated carbocycles. The molecule has 1 heterocycles. The summed E-state index contributed by atoms with van der Waals surface area (Å²) in [4.78, 5) is 19.3. The molecule has 1 aliphatic carbocycles. The molecule has 1 aliphatic rings. The SMILES string of the molecule is CC(Nc1nc(C(=O)O)nc2ccccc12)C1CC1. The minimum atomic E-state index is -1.10. The van der Waals surface area contributed by atoms with Gasteiger partial charge in [-0.1, -0.05) is 12.1 Å². The number of benzene rings is 1. The zero-order valence-corrected chi connectivity index (χ0v) is 10.6. The van der Waals surface area contributed by atoms with E-state index >= 15 is 0 Å². The average molecular weight is 257 g/mol.